The summed E-state index contributed by atoms with van der Waals surface area (Å²) >= 11 is 0. The van der Waals surface area contributed by atoms with Crippen molar-refractivity contribution in [3.8, 4) is 0 Å². The van der Waals surface area contributed by atoms with E-state index in [0.717, 1.165) is 25.7 Å². The second-order valence-electron chi connectivity index (χ2n) is 4.30. The summed E-state index contributed by atoms with van der Waals surface area (Å²) in [4.78, 5) is 14.5. The maximum absolute atomic E-state index is 10.3. The van der Waals surface area contributed by atoms with Gasteiger partial charge in [-0.25, -0.2) is 4.79 Å². The average molecular weight is 256 g/mol. The molecule has 0 radical (unpaired) electrons. The summed E-state index contributed by atoms with van der Waals surface area (Å²) in [5, 5.41) is 12.3. The molecule has 1 aliphatic rings. The van der Waals surface area contributed by atoms with Crippen molar-refractivity contribution in [1.29, 1.82) is 0 Å². The fraction of sp³-hybridized carbons (Fsp3) is 0.727. The molecule has 18 heavy (non-hydrogen) atoms. The van der Waals surface area contributed by atoms with Gasteiger partial charge in [-0.2, -0.15) is 4.98 Å². The Bertz CT molecular complexity index is 411. The topological polar surface area (TPSA) is 94.7 Å². The van der Waals surface area contributed by atoms with Crippen LogP contribution in [0.5, 0.6) is 0 Å². The van der Waals surface area contributed by atoms with E-state index in [-0.39, 0.29) is 19.1 Å². The molecule has 1 aliphatic carbocycles. The number of methoxy groups -OCH3 is 1. The zero-order valence-electron chi connectivity index (χ0n) is 10.2. The highest BCUT2D eigenvalue weighted by molar-refractivity contribution is 5.67. The quantitative estimate of drug-likeness (QED) is 0.813. The minimum atomic E-state index is -1.03. The lowest BCUT2D eigenvalue weighted by Crippen LogP contribution is -2.26. The molecule has 7 heteroatoms. The molecule has 0 bridgehead atoms. The Kier molecular flexibility index (Phi) is 3.93. The molecular weight excluding hydrogens is 240 g/mol. The molecule has 7 nitrogen and oxygen atoms in total. The number of hydrogen-bond acceptors (Lipinski definition) is 6. The van der Waals surface area contributed by atoms with E-state index >= 15 is 0 Å². The zero-order chi connectivity index (χ0) is 13.0. The highest BCUT2D eigenvalue weighted by Gasteiger charge is 2.40. The molecule has 1 fully saturated rings. The van der Waals surface area contributed by atoms with Gasteiger partial charge in [0.05, 0.1) is 0 Å². The first-order valence-corrected chi connectivity index (χ1v) is 5.84. The van der Waals surface area contributed by atoms with Gasteiger partial charge in [-0.15, -0.1) is 0 Å². The van der Waals surface area contributed by atoms with Crippen molar-refractivity contribution >= 4 is 5.97 Å². The van der Waals surface area contributed by atoms with Crippen LogP contribution in [0.2, 0.25) is 0 Å². The van der Waals surface area contributed by atoms with Crippen LogP contribution in [-0.4, -0.2) is 34.9 Å². The normalized spacial score (nSPS) is 18.1. The van der Waals surface area contributed by atoms with Gasteiger partial charge in [0, 0.05) is 7.11 Å². The molecule has 0 aliphatic heterocycles. The van der Waals surface area contributed by atoms with Crippen LogP contribution in [0, 0.1) is 0 Å². The molecule has 1 heterocycles. The van der Waals surface area contributed by atoms with Crippen molar-refractivity contribution in [3.63, 3.8) is 0 Å². The van der Waals surface area contributed by atoms with Gasteiger partial charge in [0.1, 0.15) is 18.8 Å². The summed E-state index contributed by atoms with van der Waals surface area (Å²) < 4.78 is 15.4. The minimum Gasteiger partial charge on any atom is -0.480 e. The van der Waals surface area contributed by atoms with Crippen molar-refractivity contribution in [2.45, 2.75) is 37.9 Å². The standard InChI is InChI=1S/C11H16N2O5/c1-16-11(4-2-3-5-11)10-12-8(18-13-10)6-17-7-9(14)15/h2-7H2,1H3,(H,14,15). The van der Waals surface area contributed by atoms with Gasteiger partial charge in [0.2, 0.25) is 5.82 Å². The molecule has 0 unspecified atom stereocenters. The van der Waals surface area contributed by atoms with Gasteiger partial charge < -0.3 is 19.1 Å². The van der Waals surface area contributed by atoms with Crippen LogP contribution in [-0.2, 0) is 26.5 Å². The third-order valence-electron chi connectivity index (χ3n) is 3.13. The summed E-state index contributed by atoms with van der Waals surface area (Å²) in [7, 11) is 1.64. The van der Waals surface area contributed by atoms with Crippen LogP contribution < -0.4 is 0 Å². The molecule has 2 rings (SSSR count). The number of aromatic nitrogens is 2. The first-order chi connectivity index (χ1) is 8.66. The Morgan fingerprint density at radius 2 is 2.22 bits per heavy atom. The predicted molar refractivity (Wildman–Crippen MR) is 58.7 cm³/mol. The molecule has 1 aromatic heterocycles. The van der Waals surface area contributed by atoms with E-state index in [0.29, 0.717) is 5.82 Å². The maximum Gasteiger partial charge on any atom is 0.329 e. The van der Waals surface area contributed by atoms with Crippen LogP contribution in [0.15, 0.2) is 4.52 Å². The van der Waals surface area contributed by atoms with Gasteiger partial charge >= 0.3 is 5.97 Å². The Labute approximate surface area is 104 Å². The Morgan fingerprint density at radius 1 is 1.50 bits per heavy atom. The van der Waals surface area contributed by atoms with Gasteiger partial charge in [0.25, 0.3) is 5.89 Å². The molecule has 0 aromatic carbocycles. The molecule has 0 atom stereocenters. The monoisotopic (exact) mass is 256 g/mol. The summed E-state index contributed by atoms with van der Waals surface area (Å²) in [5.41, 5.74) is -0.450. The summed E-state index contributed by atoms with van der Waals surface area (Å²) in [6, 6.07) is 0. The highest BCUT2D eigenvalue weighted by Crippen LogP contribution is 2.40. The molecule has 0 saturated heterocycles. The largest absolute Gasteiger partial charge is 0.480 e. The molecule has 1 N–H and O–H groups in total. The van der Waals surface area contributed by atoms with E-state index in [1.165, 1.54) is 0 Å². The number of carboxylic acids is 1. The van der Waals surface area contributed by atoms with Gasteiger partial charge in [-0.1, -0.05) is 5.16 Å². The van der Waals surface area contributed by atoms with Gasteiger partial charge in [-0.05, 0) is 25.7 Å². The van der Waals surface area contributed by atoms with E-state index in [2.05, 4.69) is 10.1 Å². The number of aliphatic carboxylic acids is 1. The first kappa shape index (κ1) is 13.0. The third kappa shape index (κ3) is 2.68. The van der Waals surface area contributed by atoms with Crippen molar-refractivity contribution in [2.75, 3.05) is 13.7 Å². The second kappa shape index (κ2) is 5.45. The van der Waals surface area contributed by atoms with Crippen LogP contribution in [0.1, 0.15) is 37.4 Å². The fourth-order valence-corrected chi connectivity index (χ4v) is 2.19. The number of hydrogen-bond donors (Lipinski definition) is 1. The van der Waals surface area contributed by atoms with Gasteiger partial charge in [-0.3, -0.25) is 0 Å². The van der Waals surface area contributed by atoms with Crippen LogP contribution in [0.3, 0.4) is 0 Å². The Morgan fingerprint density at radius 3 is 2.83 bits per heavy atom. The Balaban J connectivity index is 1.98. The van der Waals surface area contributed by atoms with Crippen molar-refractivity contribution in [3.05, 3.63) is 11.7 Å². The van der Waals surface area contributed by atoms with E-state index < -0.39 is 11.6 Å². The molecule has 1 saturated carbocycles. The summed E-state index contributed by atoms with van der Waals surface area (Å²) in [5.74, 6) is -0.232. The second-order valence-corrected chi connectivity index (χ2v) is 4.30. The Hall–Kier alpha value is -1.47. The first-order valence-electron chi connectivity index (χ1n) is 5.84. The average Bonchev–Trinajstić information content (AvgIpc) is 2.97. The smallest absolute Gasteiger partial charge is 0.329 e. The molecular formula is C11H16N2O5. The van der Waals surface area contributed by atoms with Gasteiger partial charge in [0.15, 0.2) is 0 Å². The van der Waals surface area contributed by atoms with Crippen molar-refractivity contribution in [2.24, 2.45) is 0 Å². The van der Waals surface area contributed by atoms with Crippen LogP contribution >= 0.6 is 0 Å². The van der Waals surface area contributed by atoms with E-state index in [1.807, 2.05) is 0 Å². The molecule has 0 amide bonds. The highest BCUT2D eigenvalue weighted by atomic mass is 16.5. The SMILES string of the molecule is COC1(c2noc(COCC(=O)O)n2)CCCC1. The number of carbonyl (C=O) groups is 1. The predicted octanol–water partition coefficient (Wildman–Crippen LogP) is 1.09. The van der Waals surface area contributed by atoms with E-state index in [4.69, 9.17) is 19.1 Å². The lowest BCUT2D eigenvalue weighted by molar-refractivity contribution is -0.142. The maximum atomic E-state index is 10.3. The lowest BCUT2D eigenvalue weighted by Gasteiger charge is -2.22. The third-order valence-corrected chi connectivity index (χ3v) is 3.13. The molecule has 100 valence electrons. The summed E-state index contributed by atoms with van der Waals surface area (Å²) in [6.45, 7) is -0.383. The minimum absolute atomic E-state index is 0.000899. The van der Waals surface area contributed by atoms with Crippen LogP contribution in [0.25, 0.3) is 0 Å². The van der Waals surface area contributed by atoms with Crippen molar-refractivity contribution in [1.82, 2.24) is 10.1 Å². The lowest BCUT2D eigenvalue weighted by atomic mass is 10.0. The number of nitrogens with zero attached hydrogens (tertiary/aromatic N) is 2. The van der Waals surface area contributed by atoms with Crippen molar-refractivity contribution < 1.29 is 23.9 Å². The molecule has 0 spiro atoms. The molecule has 1 aromatic rings. The number of carboxylic acid groups (broad SMARTS) is 1. The van der Waals surface area contributed by atoms with Crippen LogP contribution in [0.4, 0.5) is 0 Å². The van der Waals surface area contributed by atoms with E-state index in [9.17, 15) is 4.79 Å². The number of rotatable bonds is 6. The summed E-state index contributed by atoms with van der Waals surface area (Å²) in [6.07, 6.45) is 3.90. The van der Waals surface area contributed by atoms with E-state index in [1.54, 1.807) is 7.11 Å². The number of ether oxygens (including phenoxy) is 2. The fourth-order valence-electron chi connectivity index (χ4n) is 2.19. The zero-order valence-corrected chi connectivity index (χ0v) is 10.2.